The van der Waals surface area contributed by atoms with Crippen LogP contribution in [0.15, 0.2) is 66.2 Å². The zero-order chi connectivity index (χ0) is 22.4. The van der Waals surface area contributed by atoms with E-state index in [2.05, 4.69) is 23.5 Å². The molecule has 0 radical (unpaired) electrons. The summed E-state index contributed by atoms with van der Waals surface area (Å²) in [5, 5.41) is 12.8. The van der Waals surface area contributed by atoms with Crippen molar-refractivity contribution in [3.63, 3.8) is 0 Å². The second-order valence-corrected chi connectivity index (χ2v) is 7.84. The van der Waals surface area contributed by atoms with Crippen molar-refractivity contribution in [3.8, 4) is 11.8 Å². The lowest BCUT2D eigenvalue weighted by molar-refractivity contribution is -0.112. The largest absolute Gasteiger partial charge is 0.488 e. The molecule has 0 aliphatic heterocycles. The highest BCUT2D eigenvalue weighted by atomic mass is 35.5. The Kier molecular flexibility index (Phi) is 7.12. The van der Waals surface area contributed by atoms with Gasteiger partial charge in [0, 0.05) is 16.3 Å². The molecule has 156 valence electrons. The average Bonchev–Trinajstić information content (AvgIpc) is 2.73. The number of nitriles is 1. The maximum atomic E-state index is 12.7. The van der Waals surface area contributed by atoms with Gasteiger partial charge in [0.2, 0.25) is 0 Å². The van der Waals surface area contributed by atoms with Crippen molar-refractivity contribution in [2.75, 3.05) is 5.32 Å². The van der Waals surface area contributed by atoms with E-state index >= 15 is 0 Å². The Morgan fingerprint density at radius 1 is 1.06 bits per heavy atom. The number of nitrogens with zero attached hydrogens (tertiary/aromatic N) is 1. The van der Waals surface area contributed by atoms with Gasteiger partial charge in [-0.05, 0) is 56.2 Å². The minimum Gasteiger partial charge on any atom is -0.488 e. The van der Waals surface area contributed by atoms with Crippen molar-refractivity contribution >= 4 is 29.3 Å². The van der Waals surface area contributed by atoms with Crippen LogP contribution in [-0.4, -0.2) is 5.91 Å². The number of aryl methyl sites for hydroxylation is 3. The number of amides is 1. The lowest BCUT2D eigenvalue weighted by atomic mass is 10.1. The molecule has 0 atom stereocenters. The van der Waals surface area contributed by atoms with Gasteiger partial charge in [-0.3, -0.25) is 4.79 Å². The van der Waals surface area contributed by atoms with Gasteiger partial charge in [0.1, 0.15) is 24.0 Å². The number of hydrogen-bond donors (Lipinski definition) is 1. The number of rotatable bonds is 6. The number of para-hydroxylation sites is 1. The van der Waals surface area contributed by atoms with E-state index in [0.717, 1.165) is 11.1 Å². The molecule has 5 heteroatoms. The number of carbonyl (C=O) groups is 1. The number of benzene rings is 3. The second-order valence-electron chi connectivity index (χ2n) is 7.41. The van der Waals surface area contributed by atoms with Gasteiger partial charge < -0.3 is 10.1 Å². The highest BCUT2D eigenvalue weighted by Gasteiger charge is 2.13. The van der Waals surface area contributed by atoms with Crippen molar-refractivity contribution in [2.45, 2.75) is 27.4 Å². The lowest BCUT2D eigenvalue weighted by Crippen LogP contribution is -2.14. The van der Waals surface area contributed by atoms with E-state index in [4.69, 9.17) is 16.3 Å². The van der Waals surface area contributed by atoms with Crippen LogP contribution in [0.5, 0.6) is 5.75 Å². The first-order valence-corrected chi connectivity index (χ1v) is 10.2. The number of halogens is 1. The number of carbonyl (C=O) groups excluding carboxylic acids is 1. The Hall–Kier alpha value is -3.55. The third-order valence-corrected chi connectivity index (χ3v) is 4.94. The third-order valence-electron chi connectivity index (χ3n) is 4.71. The molecule has 0 bridgehead atoms. The topological polar surface area (TPSA) is 62.1 Å². The molecule has 1 amide bonds. The molecule has 3 aromatic rings. The number of ether oxygens (including phenoxy) is 1. The van der Waals surface area contributed by atoms with Gasteiger partial charge in [-0.2, -0.15) is 5.26 Å². The quantitative estimate of drug-likeness (QED) is 0.364. The zero-order valence-corrected chi connectivity index (χ0v) is 18.5. The molecule has 0 aliphatic rings. The lowest BCUT2D eigenvalue weighted by Gasteiger charge is -2.11. The minimum atomic E-state index is -0.503. The highest BCUT2D eigenvalue weighted by Crippen LogP contribution is 2.24. The first kappa shape index (κ1) is 22.1. The fourth-order valence-corrected chi connectivity index (χ4v) is 3.44. The molecule has 0 unspecified atom stereocenters. The molecule has 0 spiro atoms. The van der Waals surface area contributed by atoms with E-state index in [-0.39, 0.29) is 5.57 Å². The number of hydrogen-bond acceptors (Lipinski definition) is 3. The predicted molar refractivity (Wildman–Crippen MR) is 125 cm³/mol. The summed E-state index contributed by atoms with van der Waals surface area (Å²) >= 11 is 6.02. The van der Waals surface area contributed by atoms with E-state index in [1.807, 2.05) is 57.2 Å². The monoisotopic (exact) mass is 430 g/mol. The van der Waals surface area contributed by atoms with E-state index in [1.165, 1.54) is 17.2 Å². The van der Waals surface area contributed by atoms with Crippen LogP contribution in [0.1, 0.15) is 27.8 Å². The average molecular weight is 431 g/mol. The second kappa shape index (κ2) is 9.97. The predicted octanol–water partition coefficient (Wildman–Crippen LogP) is 6.39. The van der Waals surface area contributed by atoms with Crippen LogP contribution < -0.4 is 10.1 Å². The fraction of sp³-hybridized carbons (Fsp3) is 0.154. The smallest absolute Gasteiger partial charge is 0.266 e. The molecule has 0 saturated heterocycles. The Morgan fingerprint density at radius 3 is 2.48 bits per heavy atom. The van der Waals surface area contributed by atoms with Gasteiger partial charge in [-0.15, -0.1) is 0 Å². The third kappa shape index (κ3) is 5.97. The van der Waals surface area contributed by atoms with E-state index in [0.29, 0.717) is 28.6 Å². The maximum absolute atomic E-state index is 12.7. The normalized spacial score (nSPS) is 11.0. The minimum absolute atomic E-state index is 0.0261. The Morgan fingerprint density at radius 2 is 1.77 bits per heavy atom. The number of anilines is 1. The Bertz CT molecular complexity index is 1170. The first-order chi connectivity index (χ1) is 14.9. The number of nitrogens with one attached hydrogen (secondary N) is 1. The molecule has 3 rings (SSSR count). The summed E-state index contributed by atoms with van der Waals surface area (Å²) in [5.74, 6) is 0.0955. The highest BCUT2D eigenvalue weighted by molar-refractivity contribution is 6.31. The standard InChI is InChI=1S/C26H23ClN2O2/c1-17-10-18(2)12-20(11-17)16-31-25-7-5-4-6-21(25)13-22(15-28)26(30)29-24-14-23(27)9-8-19(24)3/h4-14H,16H2,1-3H3,(H,29,30)/b22-13+. The van der Waals surface area contributed by atoms with Crippen molar-refractivity contribution in [1.29, 1.82) is 5.26 Å². The summed E-state index contributed by atoms with van der Waals surface area (Å²) in [6, 6.07) is 20.8. The van der Waals surface area contributed by atoms with Gasteiger partial charge in [-0.1, -0.05) is 65.2 Å². The molecule has 4 nitrogen and oxygen atoms in total. The van der Waals surface area contributed by atoms with Gasteiger partial charge in [0.25, 0.3) is 5.91 Å². The summed E-state index contributed by atoms with van der Waals surface area (Å²) < 4.78 is 6.01. The fourth-order valence-electron chi connectivity index (χ4n) is 3.27. The molecule has 3 aromatic carbocycles. The van der Waals surface area contributed by atoms with E-state index < -0.39 is 5.91 Å². The van der Waals surface area contributed by atoms with Crippen molar-refractivity contribution in [1.82, 2.24) is 0 Å². The molecule has 0 aromatic heterocycles. The summed E-state index contributed by atoms with van der Waals surface area (Å²) in [5.41, 5.74) is 5.46. The maximum Gasteiger partial charge on any atom is 0.266 e. The molecular formula is C26H23ClN2O2. The van der Waals surface area contributed by atoms with Crippen LogP contribution in [0.3, 0.4) is 0 Å². The van der Waals surface area contributed by atoms with Crippen LogP contribution in [-0.2, 0) is 11.4 Å². The van der Waals surface area contributed by atoms with Gasteiger partial charge in [-0.25, -0.2) is 0 Å². The summed E-state index contributed by atoms with van der Waals surface area (Å²) in [7, 11) is 0. The van der Waals surface area contributed by atoms with Crippen molar-refractivity contribution in [3.05, 3.63) is 99.1 Å². The SMILES string of the molecule is Cc1cc(C)cc(COc2ccccc2/C=C(\C#N)C(=O)Nc2cc(Cl)ccc2C)c1. The van der Waals surface area contributed by atoms with Crippen LogP contribution in [0, 0.1) is 32.1 Å². The van der Waals surface area contributed by atoms with Crippen LogP contribution in [0.4, 0.5) is 5.69 Å². The summed E-state index contributed by atoms with van der Waals surface area (Å²) in [4.78, 5) is 12.7. The summed E-state index contributed by atoms with van der Waals surface area (Å²) in [6.07, 6.45) is 1.53. The zero-order valence-electron chi connectivity index (χ0n) is 17.7. The molecule has 31 heavy (non-hydrogen) atoms. The first-order valence-electron chi connectivity index (χ1n) is 9.84. The molecular weight excluding hydrogens is 408 g/mol. The van der Waals surface area contributed by atoms with E-state index in [9.17, 15) is 10.1 Å². The van der Waals surface area contributed by atoms with Crippen LogP contribution in [0.25, 0.3) is 6.08 Å². The van der Waals surface area contributed by atoms with Crippen LogP contribution >= 0.6 is 11.6 Å². The van der Waals surface area contributed by atoms with Crippen molar-refractivity contribution in [2.24, 2.45) is 0 Å². The molecule has 1 N–H and O–H groups in total. The molecule has 0 fully saturated rings. The van der Waals surface area contributed by atoms with Crippen molar-refractivity contribution < 1.29 is 9.53 Å². The Labute approximate surface area is 187 Å². The van der Waals surface area contributed by atoms with Gasteiger partial charge in [0.15, 0.2) is 0 Å². The molecule has 0 heterocycles. The van der Waals surface area contributed by atoms with Gasteiger partial charge in [0.05, 0.1) is 0 Å². The summed E-state index contributed by atoms with van der Waals surface area (Å²) in [6.45, 7) is 6.35. The molecule has 0 saturated carbocycles. The van der Waals surface area contributed by atoms with Gasteiger partial charge >= 0.3 is 0 Å². The molecule has 0 aliphatic carbocycles. The van der Waals surface area contributed by atoms with Crippen LogP contribution in [0.2, 0.25) is 5.02 Å². The van der Waals surface area contributed by atoms with E-state index in [1.54, 1.807) is 12.1 Å². The Balaban J connectivity index is 1.81.